The molecule has 1 aliphatic heterocycles. The molecule has 8 heteroatoms. The largest absolute Gasteiger partial charge is 0.384 e. The monoisotopic (exact) mass is 444 g/mol. The first kappa shape index (κ1) is 21.4. The maximum absolute atomic E-state index is 13.1. The number of fused-ring (bicyclic) bond motifs is 2. The third-order valence-corrected chi connectivity index (χ3v) is 6.06. The minimum absolute atomic E-state index is 0.122. The van der Waals surface area contributed by atoms with E-state index in [0.29, 0.717) is 34.8 Å². The molecule has 0 saturated heterocycles. The molecule has 0 aliphatic carbocycles. The summed E-state index contributed by atoms with van der Waals surface area (Å²) in [5.74, 6) is 1.22. The van der Waals surface area contributed by atoms with Gasteiger partial charge in [-0.25, -0.2) is 19.3 Å². The first-order chi connectivity index (χ1) is 15.8. The maximum Gasteiger partial charge on any atom is 0.276 e. The highest BCUT2D eigenvalue weighted by atomic mass is 16.3. The van der Waals surface area contributed by atoms with Crippen LogP contribution in [0.25, 0.3) is 16.7 Å². The number of aliphatic hydroxyl groups is 1. The van der Waals surface area contributed by atoms with Crippen LogP contribution in [0.4, 0.5) is 11.5 Å². The Kier molecular flexibility index (Phi) is 5.26. The van der Waals surface area contributed by atoms with E-state index in [2.05, 4.69) is 38.8 Å². The zero-order chi connectivity index (χ0) is 23.2. The molecule has 0 atom stereocenters. The molecule has 3 aromatic heterocycles. The van der Waals surface area contributed by atoms with E-state index in [4.69, 9.17) is 0 Å². The molecule has 8 nitrogen and oxygen atoms in total. The van der Waals surface area contributed by atoms with Gasteiger partial charge in [0.05, 0.1) is 16.6 Å². The fourth-order valence-electron chi connectivity index (χ4n) is 4.33. The Morgan fingerprint density at radius 3 is 2.82 bits per heavy atom. The van der Waals surface area contributed by atoms with E-state index in [9.17, 15) is 9.90 Å². The van der Waals surface area contributed by atoms with Crippen LogP contribution in [0, 0.1) is 0 Å². The number of rotatable bonds is 5. The van der Waals surface area contributed by atoms with E-state index in [0.717, 1.165) is 25.2 Å². The Balaban J connectivity index is 1.60. The number of anilines is 2. The van der Waals surface area contributed by atoms with Crippen LogP contribution >= 0.6 is 0 Å². The van der Waals surface area contributed by atoms with Gasteiger partial charge in [-0.15, -0.1) is 0 Å². The predicted molar refractivity (Wildman–Crippen MR) is 129 cm³/mol. The van der Waals surface area contributed by atoms with Crippen LogP contribution in [0.5, 0.6) is 0 Å². The minimum atomic E-state index is -1.09. The van der Waals surface area contributed by atoms with Crippen molar-refractivity contribution < 1.29 is 5.11 Å². The van der Waals surface area contributed by atoms with E-state index in [1.165, 1.54) is 11.1 Å². The number of hydrogen-bond donors (Lipinski definition) is 3. The number of nitrogens with one attached hydrogen (secondary N) is 2. The number of aromatic nitrogens is 4. The molecule has 4 heterocycles. The molecule has 4 aromatic rings. The van der Waals surface area contributed by atoms with Crippen molar-refractivity contribution in [3.05, 3.63) is 75.8 Å². The van der Waals surface area contributed by atoms with Crippen LogP contribution in [-0.4, -0.2) is 31.0 Å². The molecule has 3 N–H and O–H groups in total. The van der Waals surface area contributed by atoms with Gasteiger partial charge in [-0.1, -0.05) is 12.1 Å². The van der Waals surface area contributed by atoms with Crippen molar-refractivity contribution in [3.63, 3.8) is 0 Å². The quantitative estimate of drug-likeness (QED) is 0.437. The average Bonchev–Trinajstić information content (AvgIpc) is 3.09. The first-order valence-electron chi connectivity index (χ1n) is 11.3. The van der Waals surface area contributed by atoms with Crippen molar-refractivity contribution in [2.75, 3.05) is 11.9 Å². The third kappa shape index (κ3) is 3.92. The number of nitrogens with zero attached hydrogens (tertiary/aromatic N) is 4. The summed E-state index contributed by atoms with van der Waals surface area (Å²) in [6.45, 7) is 7.66. The van der Waals surface area contributed by atoms with Crippen LogP contribution in [0.3, 0.4) is 0 Å². The lowest BCUT2D eigenvalue weighted by Gasteiger charge is -2.19. The van der Waals surface area contributed by atoms with Crippen LogP contribution < -0.4 is 16.2 Å². The Hall–Kier alpha value is -3.49. The van der Waals surface area contributed by atoms with E-state index in [-0.39, 0.29) is 5.56 Å². The van der Waals surface area contributed by atoms with Gasteiger partial charge in [-0.05, 0) is 69.1 Å². The molecule has 0 amide bonds. The molecule has 1 aliphatic rings. The second kappa shape index (κ2) is 8.13. The third-order valence-electron chi connectivity index (χ3n) is 6.06. The van der Waals surface area contributed by atoms with E-state index in [1.807, 2.05) is 25.1 Å². The summed E-state index contributed by atoms with van der Waals surface area (Å²) in [5.41, 5.74) is 3.65. The van der Waals surface area contributed by atoms with Crippen molar-refractivity contribution in [2.45, 2.75) is 45.9 Å². The molecular weight excluding hydrogens is 416 g/mol. The van der Waals surface area contributed by atoms with Gasteiger partial charge in [-0.2, -0.15) is 0 Å². The van der Waals surface area contributed by atoms with Gasteiger partial charge in [0.15, 0.2) is 5.82 Å². The van der Waals surface area contributed by atoms with Crippen LogP contribution in [0.2, 0.25) is 0 Å². The van der Waals surface area contributed by atoms with Gasteiger partial charge in [0.2, 0.25) is 0 Å². The van der Waals surface area contributed by atoms with E-state index < -0.39 is 5.60 Å². The Morgan fingerprint density at radius 2 is 2.03 bits per heavy atom. The van der Waals surface area contributed by atoms with Gasteiger partial charge >= 0.3 is 0 Å². The van der Waals surface area contributed by atoms with Crippen molar-refractivity contribution in [3.8, 4) is 5.82 Å². The number of benzene rings is 1. The van der Waals surface area contributed by atoms with Crippen LogP contribution in [-0.2, 0) is 25.1 Å². The second-order valence-corrected chi connectivity index (χ2v) is 8.89. The summed E-state index contributed by atoms with van der Waals surface area (Å²) in [6, 6.07) is 13.7. The normalized spacial score (nSPS) is 13.8. The smallest absolute Gasteiger partial charge is 0.276 e. The Morgan fingerprint density at radius 1 is 1.18 bits per heavy atom. The fraction of sp³-hybridized carbons (Fsp3) is 0.320. The number of hydrogen-bond acceptors (Lipinski definition) is 6. The zero-order valence-electron chi connectivity index (χ0n) is 19.1. The highest BCUT2D eigenvalue weighted by Crippen LogP contribution is 2.25. The van der Waals surface area contributed by atoms with Gasteiger partial charge < -0.3 is 15.7 Å². The minimum Gasteiger partial charge on any atom is -0.384 e. The zero-order valence-corrected chi connectivity index (χ0v) is 19.1. The average molecular weight is 445 g/mol. The van der Waals surface area contributed by atoms with Crippen molar-refractivity contribution >= 4 is 22.4 Å². The molecular formula is C25H28N6O2. The molecule has 0 fully saturated rings. The lowest BCUT2D eigenvalue weighted by Crippen LogP contribution is -2.23. The van der Waals surface area contributed by atoms with E-state index in [1.54, 1.807) is 35.5 Å². The van der Waals surface area contributed by atoms with Crippen LogP contribution in [0.15, 0.2) is 53.5 Å². The van der Waals surface area contributed by atoms with Crippen molar-refractivity contribution in [1.82, 2.24) is 24.6 Å². The van der Waals surface area contributed by atoms with E-state index >= 15 is 0 Å². The summed E-state index contributed by atoms with van der Waals surface area (Å²) in [5, 5.41) is 17.7. The lowest BCUT2D eigenvalue weighted by molar-refractivity contribution is 0.0738. The van der Waals surface area contributed by atoms with Crippen LogP contribution in [0.1, 0.15) is 37.6 Å². The summed E-state index contributed by atoms with van der Waals surface area (Å²) < 4.78 is 3.44. The lowest BCUT2D eigenvalue weighted by atomic mass is 10.0. The summed E-state index contributed by atoms with van der Waals surface area (Å²) in [6.07, 6.45) is 2.62. The summed E-state index contributed by atoms with van der Waals surface area (Å²) in [7, 11) is 0. The van der Waals surface area contributed by atoms with Gasteiger partial charge in [0.25, 0.3) is 5.56 Å². The summed E-state index contributed by atoms with van der Waals surface area (Å²) >= 11 is 0. The second-order valence-electron chi connectivity index (χ2n) is 8.89. The van der Waals surface area contributed by atoms with Crippen molar-refractivity contribution in [1.29, 1.82) is 0 Å². The SMILES string of the molecule is CCn1c(=O)c2cnc(Nc3ccc4c(c3)CCNC4)cc2n1-c1cccc(C(C)(C)O)n1. The Labute approximate surface area is 191 Å². The molecule has 0 radical (unpaired) electrons. The maximum atomic E-state index is 13.1. The molecule has 0 unspecified atom stereocenters. The predicted octanol–water partition coefficient (Wildman–Crippen LogP) is 3.22. The molecule has 0 spiro atoms. The van der Waals surface area contributed by atoms with Gasteiger partial charge in [0.1, 0.15) is 11.4 Å². The van der Waals surface area contributed by atoms with Gasteiger partial charge in [-0.3, -0.25) is 4.79 Å². The highest BCUT2D eigenvalue weighted by molar-refractivity contribution is 5.82. The fourth-order valence-corrected chi connectivity index (χ4v) is 4.33. The molecule has 5 rings (SSSR count). The molecule has 170 valence electrons. The first-order valence-corrected chi connectivity index (χ1v) is 11.3. The molecule has 0 saturated carbocycles. The van der Waals surface area contributed by atoms with Crippen molar-refractivity contribution in [2.24, 2.45) is 0 Å². The molecule has 1 aromatic carbocycles. The standard InChI is InChI=1S/C25H28N6O2/c1-4-30-24(32)19-15-27-22(28-18-9-8-17-14-26-11-10-16(17)12-18)13-20(19)31(30)23-7-5-6-21(29-23)25(2,3)33/h5-9,12-13,15,26,33H,4,10-11,14H2,1-3H3,(H,27,28). The summed E-state index contributed by atoms with van der Waals surface area (Å²) in [4.78, 5) is 22.2. The number of pyridine rings is 2. The molecule has 0 bridgehead atoms. The topological polar surface area (TPSA) is 97.0 Å². The van der Waals surface area contributed by atoms with Gasteiger partial charge in [0, 0.05) is 31.0 Å². The highest BCUT2D eigenvalue weighted by Gasteiger charge is 2.21. The Bertz CT molecular complexity index is 1400. The molecule has 33 heavy (non-hydrogen) atoms.